The fourth-order valence-corrected chi connectivity index (χ4v) is 4.51. The van der Waals surface area contributed by atoms with Crippen molar-refractivity contribution in [3.05, 3.63) is 84.6 Å². The number of aromatic nitrogens is 3. The number of amides is 1. The molecule has 1 aliphatic heterocycles. The summed E-state index contributed by atoms with van der Waals surface area (Å²) < 4.78 is 5.37. The topological polar surface area (TPSA) is 92.3 Å². The van der Waals surface area contributed by atoms with Crippen LogP contribution in [0.2, 0.25) is 0 Å². The molecule has 2 N–H and O–H groups in total. The first-order valence-corrected chi connectivity index (χ1v) is 11.8. The fraction of sp³-hybridized carbons (Fsp3) is 0.259. The third-order valence-electron chi connectivity index (χ3n) is 6.34. The van der Waals surface area contributed by atoms with Crippen molar-refractivity contribution in [3.8, 4) is 5.75 Å². The highest BCUT2D eigenvalue weighted by Gasteiger charge is 2.24. The Labute approximate surface area is 204 Å². The first kappa shape index (κ1) is 22.7. The summed E-state index contributed by atoms with van der Waals surface area (Å²) in [6.07, 6.45) is 9.38. The number of nitrogens with zero attached hydrogens (tertiary/aromatic N) is 4. The number of rotatable bonds is 8. The maximum absolute atomic E-state index is 13.0. The standard InChI is InChI=1S/C27H28N6O2/c1-35-22-7-6-19-8-11-30-26(23(19)16-22)32-21-9-12-29-24(15-21)27(34)31-18-25(33-13-2-3-14-33)20-5-4-10-28-17-20/h4-12,15-17,25H,2-3,13-14,18H2,1H3,(H,31,34)(H,29,30,32). The maximum atomic E-state index is 13.0. The van der Waals surface area contributed by atoms with Crippen molar-refractivity contribution in [2.75, 3.05) is 32.1 Å². The zero-order chi connectivity index (χ0) is 24.0. The molecule has 0 saturated carbocycles. The number of likely N-dealkylation sites (tertiary alicyclic amines) is 1. The summed E-state index contributed by atoms with van der Waals surface area (Å²) in [5.74, 6) is 1.23. The van der Waals surface area contributed by atoms with Gasteiger partial charge in [-0.3, -0.25) is 19.7 Å². The summed E-state index contributed by atoms with van der Waals surface area (Å²) in [6, 6.07) is 15.5. The van der Waals surface area contributed by atoms with Gasteiger partial charge >= 0.3 is 0 Å². The van der Waals surface area contributed by atoms with Crippen LogP contribution in [-0.2, 0) is 0 Å². The Morgan fingerprint density at radius 2 is 1.91 bits per heavy atom. The van der Waals surface area contributed by atoms with E-state index in [2.05, 4.69) is 36.6 Å². The lowest BCUT2D eigenvalue weighted by atomic mass is 10.1. The number of hydrogen-bond donors (Lipinski definition) is 2. The SMILES string of the molecule is COc1ccc2ccnc(Nc3ccnc(C(=O)NCC(c4cccnc4)N4CCCC4)c3)c2c1. The van der Waals surface area contributed by atoms with Gasteiger partial charge in [0.25, 0.3) is 5.91 Å². The van der Waals surface area contributed by atoms with Gasteiger partial charge in [0.15, 0.2) is 0 Å². The van der Waals surface area contributed by atoms with Gasteiger partial charge in [0.05, 0.1) is 13.2 Å². The van der Waals surface area contributed by atoms with Crippen molar-refractivity contribution < 1.29 is 9.53 Å². The highest BCUT2D eigenvalue weighted by atomic mass is 16.5. The third-order valence-corrected chi connectivity index (χ3v) is 6.34. The molecule has 1 saturated heterocycles. The van der Waals surface area contributed by atoms with Gasteiger partial charge in [-0.2, -0.15) is 0 Å². The average Bonchev–Trinajstić information content (AvgIpc) is 3.44. The molecule has 1 unspecified atom stereocenters. The number of pyridine rings is 3. The molecule has 1 amide bonds. The highest BCUT2D eigenvalue weighted by Crippen LogP contribution is 2.28. The van der Waals surface area contributed by atoms with Crippen LogP contribution < -0.4 is 15.4 Å². The Morgan fingerprint density at radius 1 is 1.06 bits per heavy atom. The monoisotopic (exact) mass is 468 g/mol. The van der Waals surface area contributed by atoms with E-state index < -0.39 is 0 Å². The lowest BCUT2D eigenvalue weighted by Gasteiger charge is -2.27. The number of ether oxygens (including phenoxy) is 1. The second kappa shape index (κ2) is 10.5. The number of anilines is 2. The normalized spacial score (nSPS) is 14.5. The first-order chi connectivity index (χ1) is 17.2. The lowest BCUT2D eigenvalue weighted by molar-refractivity contribution is 0.0933. The van der Waals surface area contributed by atoms with E-state index in [4.69, 9.17) is 4.74 Å². The first-order valence-electron chi connectivity index (χ1n) is 11.8. The van der Waals surface area contributed by atoms with Crippen LogP contribution in [0.4, 0.5) is 11.5 Å². The minimum Gasteiger partial charge on any atom is -0.497 e. The molecule has 1 aromatic carbocycles. The second-order valence-corrected chi connectivity index (χ2v) is 8.56. The van der Waals surface area contributed by atoms with E-state index >= 15 is 0 Å². The van der Waals surface area contributed by atoms with Gasteiger partial charge in [-0.15, -0.1) is 0 Å². The number of fused-ring (bicyclic) bond motifs is 1. The molecule has 3 aromatic heterocycles. The van der Waals surface area contributed by atoms with Gasteiger partial charge in [0, 0.05) is 42.4 Å². The van der Waals surface area contributed by atoms with Crippen LogP contribution in [0.3, 0.4) is 0 Å². The van der Waals surface area contributed by atoms with Crippen molar-refractivity contribution in [1.82, 2.24) is 25.2 Å². The fourth-order valence-electron chi connectivity index (χ4n) is 4.51. The van der Waals surface area contributed by atoms with Gasteiger partial charge in [0.2, 0.25) is 0 Å². The molecule has 0 spiro atoms. The number of carbonyl (C=O) groups excluding carboxylic acids is 1. The molecule has 8 heteroatoms. The van der Waals surface area contributed by atoms with Crippen LogP contribution in [0.1, 0.15) is 34.9 Å². The Hall–Kier alpha value is -4.04. The molecule has 35 heavy (non-hydrogen) atoms. The third kappa shape index (κ3) is 5.22. The van der Waals surface area contributed by atoms with E-state index in [1.165, 1.54) is 12.8 Å². The number of hydrogen-bond acceptors (Lipinski definition) is 7. The Kier molecular flexibility index (Phi) is 6.81. The van der Waals surface area contributed by atoms with Crippen LogP contribution >= 0.6 is 0 Å². The van der Waals surface area contributed by atoms with Crippen molar-refractivity contribution in [1.29, 1.82) is 0 Å². The minimum absolute atomic E-state index is 0.0892. The molecule has 0 aliphatic carbocycles. The molecule has 0 bridgehead atoms. The molecule has 1 aliphatic rings. The molecule has 0 radical (unpaired) electrons. The molecule has 178 valence electrons. The predicted octanol–water partition coefficient (Wildman–Crippen LogP) is 4.34. The Balaban J connectivity index is 1.31. The van der Waals surface area contributed by atoms with Gasteiger partial charge in [0.1, 0.15) is 17.3 Å². The summed E-state index contributed by atoms with van der Waals surface area (Å²) in [6.45, 7) is 2.54. The van der Waals surface area contributed by atoms with E-state index in [1.807, 2.05) is 42.6 Å². The zero-order valence-corrected chi connectivity index (χ0v) is 19.6. The molecule has 1 fully saturated rings. The maximum Gasteiger partial charge on any atom is 0.270 e. The van der Waals surface area contributed by atoms with E-state index in [-0.39, 0.29) is 11.9 Å². The van der Waals surface area contributed by atoms with Crippen LogP contribution in [0.15, 0.2) is 73.3 Å². The summed E-state index contributed by atoms with van der Waals surface area (Å²) >= 11 is 0. The number of methoxy groups -OCH3 is 1. The van der Waals surface area contributed by atoms with E-state index in [0.29, 0.717) is 18.1 Å². The van der Waals surface area contributed by atoms with Crippen LogP contribution in [-0.4, -0.2) is 52.5 Å². The van der Waals surface area contributed by atoms with E-state index in [9.17, 15) is 4.79 Å². The highest BCUT2D eigenvalue weighted by molar-refractivity contribution is 5.96. The van der Waals surface area contributed by atoms with Gasteiger partial charge in [-0.1, -0.05) is 12.1 Å². The van der Waals surface area contributed by atoms with Crippen LogP contribution in [0.5, 0.6) is 5.75 Å². The van der Waals surface area contributed by atoms with Gasteiger partial charge in [-0.25, -0.2) is 4.98 Å². The van der Waals surface area contributed by atoms with Gasteiger partial charge < -0.3 is 15.4 Å². The molecular weight excluding hydrogens is 440 g/mol. The minimum atomic E-state index is -0.214. The smallest absolute Gasteiger partial charge is 0.270 e. The number of nitrogens with one attached hydrogen (secondary N) is 2. The molecule has 8 nitrogen and oxygen atoms in total. The summed E-state index contributed by atoms with van der Waals surface area (Å²) in [5, 5.41) is 8.38. The Morgan fingerprint density at radius 3 is 2.71 bits per heavy atom. The lowest BCUT2D eigenvalue weighted by Crippen LogP contribution is -2.37. The molecular formula is C27H28N6O2. The van der Waals surface area contributed by atoms with E-state index in [0.717, 1.165) is 40.9 Å². The van der Waals surface area contributed by atoms with Crippen LogP contribution in [0.25, 0.3) is 10.8 Å². The summed E-state index contributed by atoms with van der Waals surface area (Å²) in [4.78, 5) is 28.5. The van der Waals surface area contributed by atoms with Gasteiger partial charge in [-0.05, 0) is 73.3 Å². The van der Waals surface area contributed by atoms with Crippen molar-refractivity contribution in [2.24, 2.45) is 0 Å². The summed E-state index contributed by atoms with van der Waals surface area (Å²) in [7, 11) is 1.64. The Bertz CT molecular complexity index is 1310. The quantitative estimate of drug-likeness (QED) is 0.397. The van der Waals surface area contributed by atoms with Crippen molar-refractivity contribution >= 4 is 28.2 Å². The number of carbonyl (C=O) groups is 1. The van der Waals surface area contributed by atoms with Crippen molar-refractivity contribution in [3.63, 3.8) is 0 Å². The average molecular weight is 469 g/mol. The predicted molar refractivity (Wildman–Crippen MR) is 136 cm³/mol. The number of benzene rings is 1. The summed E-state index contributed by atoms with van der Waals surface area (Å²) in [5.41, 5.74) is 2.19. The zero-order valence-electron chi connectivity index (χ0n) is 19.6. The molecule has 4 heterocycles. The van der Waals surface area contributed by atoms with Crippen LogP contribution in [0, 0.1) is 0 Å². The van der Waals surface area contributed by atoms with E-state index in [1.54, 1.807) is 31.8 Å². The largest absolute Gasteiger partial charge is 0.497 e. The second-order valence-electron chi connectivity index (χ2n) is 8.56. The molecule has 5 rings (SSSR count). The van der Waals surface area contributed by atoms with Crippen molar-refractivity contribution in [2.45, 2.75) is 18.9 Å². The molecule has 1 atom stereocenters. The molecule has 4 aromatic rings.